The lowest BCUT2D eigenvalue weighted by atomic mass is 10.1. The zero-order valence-electron chi connectivity index (χ0n) is 18.6. The van der Waals surface area contributed by atoms with Gasteiger partial charge in [-0.1, -0.05) is 0 Å². The van der Waals surface area contributed by atoms with Crippen molar-refractivity contribution in [2.75, 3.05) is 24.6 Å². The van der Waals surface area contributed by atoms with Gasteiger partial charge in [0.2, 0.25) is 5.95 Å². The lowest BCUT2D eigenvalue weighted by Crippen LogP contribution is -2.39. The fourth-order valence-corrected chi connectivity index (χ4v) is 4.06. The van der Waals surface area contributed by atoms with Crippen LogP contribution in [0.4, 0.5) is 14.7 Å². The van der Waals surface area contributed by atoms with Crippen LogP contribution >= 0.6 is 0 Å². The van der Waals surface area contributed by atoms with Crippen LogP contribution in [0.1, 0.15) is 28.6 Å². The minimum atomic E-state index is -0.675. The molecule has 4 heterocycles. The fraction of sp³-hybridized carbons (Fsp3) is 0.280. The molecule has 0 aliphatic carbocycles. The molecule has 168 valence electrons. The third-order valence-corrected chi connectivity index (χ3v) is 5.95. The van der Waals surface area contributed by atoms with Gasteiger partial charge in [-0.25, -0.2) is 18.7 Å². The Labute approximate surface area is 190 Å². The maximum atomic E-state index is 14.8. The Bertz CT molecular complexity index is 1360. The molecular formula is C25H23F2N5O. The Morgan fingerprint density at radius 2 is 1.85 bits per heavy atom. The van der Waals surface area contributed by atoms with Gasteiger partial charge < -0.3 is 9.64 Å². The number of benzene rings is 1. The number of rotatable bonds is 3. The topological polar surface area (TPSA) is 64.0 Å². The highest BCUT2D eigenvalue weighted by Crippen LogP contribution is 2.32. The highest BCUT2D eigenvalue weighted by Gasteiger charge is 2.26. The molecule has 1 aliphatic heterocycles. The summed E-state index contributed by atoms with van der Waals surface area (Å²) in [5.41, 5.74) is 4.81. The first-order chi connectivity index (χ1) is 15.9. The van der Waals surface area contributed by atoms with Crippen LogP contribution in [0, 0.1) is 32.4 Å². The van der Waals surface area contributed by atoms with Crippen molar-refractivity contribution in [1.29, 1.82) is 0 Å². The standard InChI is InChI=1S/C25H23F2N5O/c1-14-10-20-23(19-5-4-18(26)12-21(19)27)30-25(31-24(20)29-16(14)3)32-8-9-33-22(13-32)17-6-7-28-15(2)11-17/h4-7,10-12,22H,8-9,13H2,1-3H3/t22-/m1/s1. The molecule has 0 unspecified atom stereocenters. The smallest absolute Gasteiger partial charge is 0.228 e. The van der Waals surface area contributed by atoms with Crippen molar-refractivity contribution in [3.8, 4) is 11.3 Å². The van der Waals surface area contributed by atoms with Crippen LogP contribution in [0.5, 0.6) is 0 Å². The number of morpholine rings is 1. The number of anilines is 1. The number of pyridine rings is 2. The number of hydrogen-bond acceptors (Lipinski definition) is 6. The molecule has 33 heavy (non-hydrogen) atoms. The summed E-state index contributed by atoms with van der Waals surface area (Å²) in [5.74, 6) is -0.869. The molecule has 0 radical (unpaired) electrons. The van der Waals surface area contributed by atoms with Crippen molar-refractivity contribution in [3.63, 3.8) is 0 Å². The second-order valence-corrected chi connectivity index (χ2v) is 8.29. The summed E-state index contributed by atoms with van der Waals surface area (Å²) < 4.78 is 34.4. The van der Waals surface area contributed by atoms with E-state index in [2.05, 4.69) is 9.97 Å². The highest BCUT2D eigenvalue weighted by molar-refractivity contribution is 5.92. The molecule has 0 spiro atoms. The summed E-state index contributed by atoms with van der Waals surface area (Å²) in [6.45, 7) is 7.40. The number of aromatic nitrogens is 4. The largest absolute Gasteiger partial charge is 0.370 e. The van der Waals surface area contributed by atoms with Gasteiger partial charge in [-0.15, -0.1) is 0 Å². The molecule has 4 aromatic rings. The second kappa shape index (κ2) is 8.44. The van der Waals surface area contributed by atoms with Crippen molar-refractivity contribution in [2.24, 2.45) is 0 Å². The number of nitrogens with zero attached hydrogens (tertiary/aromatic N) is 5. The van der Waals surface area contributed by atoms with E-state index >= 15 is 0 Å². The number of fused-ring (bicyclic) bond motifs is 1. The molecule has 1 aliphatic rings. The van der Waals surface area contributed by atoms with Crippen molar-refractivity contribution in [1.82, 2.24) is 19.9 Å². The Morgan fingerprint density at radius 3 is 2.64 bits per heavy atom. The van der Waals surface area contributed by atoms with Gasteiger partial charge in [0.25, 0.3) is 0 Å². The Hall–Kier alpha value is -3.52. The van der Waals surface area contributed by atoms with E-state index in [9.17, 15) is 8.78 Å². The van der Waals surface area contributed by atoms with Crippen molar-refractivity contribution >= 4 is 17.0 Å². The van der Waals surface area contributed by atoms with E-state index in [0.717, 1.165) is 28.6 Å². The number of aryl methyl sites for hydroxylation is 3. The van der Waals surface area contributed by atoms with E-state index in [4.69, 9.17) is 14.7 Å². The molecule has 1 aromatic carbocycles. The molecule has 0 bridgehead atoms. The SMILES string of the molecule is Cc1cc([C@H]2CN(c3nc(-c4ccc(F)cc4F)c4cc(C)c(C)nc4n3)CCO2)ccn1. The maximum Gasteiger partial charge on any atom is 0.228 e. The molecule has 0 amide bonds. The van der Waals surface area contributed by atoms with Crippen molar-refractivity contribution in [2.45, 2.75) is 26.9 Å². The quantitative estimate of drug-likeness (QED) is 0.447. The Morgan fingerprint density at radius 1 is 1.00 bits per heavy atom. The number of halogens is 2. The lowest BCUT2D eigenvalue weighted by Gasteiger charge is -2.33. The highest BCUT2D eigenvalue weighted by atomic mass is 19.1. The van der Waals surface area contributed by atoms with Gasteiger partial charge >= 0.3 is 0 Å². The molecule has 0 N–H and O–H groups in total. The number of hydrogen-bond donors (Lipinski definition) is 0. The van der Waals surface area contributed by atoms with E-state index in [1.165, 1.54) is 12.1 Å². The van der Waals surface area contributed by atoms with Gasteiger partial charge in [0, 0.05) is 41.1 Å². The summed E-state index contributed by atoms with van der Waals surface area (Å²) >= 11 is 0. The molecule has 1 saturated heterocycles. The lowest BCUT2D eigenvalue weighted by molar-refractivity contribution is 0.0391. The molecule has 1 fully saturated rings. The molecule has 3 aromatic heterocycles. The molecule has 5 rings (SSSR count). The first kappa shape index (κ1) is 21.3. The third kappa shape index (κ3) is 4.14. The maximum absolute atomic E-state index is 14.8. The van der Waals surface area contributed by atoms with E-state index < -0.39 is 11.6 Å². The van der Waals surface area contributed by atoms with Crippen LogP contribution in [0.15, 0.2) is 42.6 Å². The van der Waals surface area contributed by atoms with Gasteiger partial charge in [-0.05, 0) is 62.2 Å². The van der Waals surface area contributed by atoms with Crippen LogP contribution in [0.3, 0.4) is 0 Å². The zero-order chi connectivity index (χ0) is 23.1. The summed E-state index contributed by atoms with van der Waals surface area (Å²) in [4.78, 5) is 20.4. The van der Waals surface area contributed by atoms with E-state index in [0.29, 0.717) is 42.4 Å². The van der Waals surface area contributed by atoms with Crippen molar-refractivity contribution < 1.29 is 13.5 Å². The molecular weight excluding hydrogens is 424 g/mol. The van der Waals surface area contributed by atoms with Crippen LogP contribution < -0.4 is 4.90 Å². The minimum Gasteiger partial charge on any atom is -0.370 e. The summed E-state index contributed by atoms with van der Waals surface area (Å²) in [5, 5.41) is 0.627. The zero-order valence-corrected chi connectivity index (χ0v) is 18.6. The fourth-order valence-electron chi connectivity index (χ4n) is 4.06. The van der Waals surface area contributed by atoms with E-state index in [1.807, 2.05) is 43.9 Å². The van der Waals surface area contributed by atoms with Gasteiger partial charge in [-0.2, -0.15) is 4.98 Å². The summed E-state index contributed by atoms with van der Waals surface area (Å²) in [6.07, 6.45) is 1.60. The van der Waals surface area contributed by atoms with Crippen LogP contribution in [-0.2, 0) is 4.74 Å². The van der Waals surface area contributed by atoms with Gasteiger partial charge in [0.15, 0.2) is 5.65 Å². The van der Waals surface area contributed by atoms with Crippen LogP contribution in [-0.4, -0.2) is 39.6 Å². The Kier molecular flexibility index (Phi) is 5.46. The van der Waals surface area contributed by atoms with Crippen LogP contribution in [0.2, 0.25) is 0 Å². The van der Waals surface area contributed by atoms with E-state index in [1.54, 1.807) is 6.20 Å². The molecule has 6 nitrogen and oxygen atoms in total. The third-order valence-electron chi connectivity index (χ3n) is 5.95. The molecule has 1 atom stereocenters. The van der Waals surface area contributed by atoms with Crippen molar-refractivity contribution in [3.05, 3.63) is 76.7 Å². The normalized spacial score (nSPS) is 16.4. The summed E-state index contributed by atoms with van der Waals surface area (Å²) in [6, 6.07) is 9.36. The first-order valence-electron chi connectivity index (χ1n) is 10.8. The van der Waals surface area contributed by atoms with Crippen LogP contribution in [0.25, 0.3) is 22.3 Å². The molecule has 8 heteroatoms. The van der Waals surface area contributed by atoms with Gasteiger partial charge in [0.1, 0.15) is 17.7 Å². The predicted molar refractivity (Wildman–Crippen MR) is 122 cm³/mol. The average Bonchev–Trinajstić information content (AvgIpc) is 2.80. The molecule has 0 saturated carbocycles. The minimum absolute atomic E-state index is 0.168. The van der Waals surface area contributed by atoms with Gasteiger partial charge in [0.05, 0.1) is 18.8 Å². The Balaban J connectivity index is 1.62. The number of ether oxygens (including phenoxy) is 1. The first-order valence-corrected chi connectivity index (χ1v) is 10.8. The average molecular weight is 447 g/mol. The predicted octanol–water partition coefficient (Wildman–Crippen LogP) is 4.87. The monoisotopic (exact) mass is 447 g/mol. The van der Waals surface area contributed by atoms with Gasteiger partial charge in [-0.3, -0.25) is 4.98 Å². The second-order valence-electron chi connectivity index (χ2n) is 8.29. The summed E-state index contributed by atoms with van der Waals surface area (Å²) in [7, 11) is 0. The van der Waals surface area contributed by atoms with E-state index in [-0.39, 0.29) is 11.7 Å².